The Hall–Kier alpha value is -3.03. The van der Waals surface area contributed by atoms with E-state index in [1.54, 1.807) is 4.90 Å². The largest absolute Gasteiger partial charge is 0.496 e. The lowest BCUT2D eigenvalue weighted by atomic mass is 10.0. The molecule has 1 aliphatic rings. The zero-order valence-electron chi connectivity index (χ0n) is 16.7. The summed E-state index contributed by atoms with van der Waals surface area (Å²) >= 11 is 0. The Morgan fingerprint density at radius 1 is 1.13 bits per heavy atom. The molecule has 1 aliphatic heterocycles. The molecule has 0 N–H and O–H groups in total. The number of halogens is 3. The van der Waals surface area contributed by atoms with Gasteiger partial charge in [0.25, 0.3) is 5.91 Å². The number of methoxy groups -OCH3 is 1. The van der Waals surface area contributed by atoms with Gasteiger partial charge >= 0.3 is 6.18 Å². The smallest absolute Gasteiger partial charge is 0.416 e. The third kappa shape index (κ3) is 3.62. The zero-order valence-corrected chi connectivity index (χ0v) is 16.7. The molecule has 0 aliphatic carbocycles. The molecule has 1 aromatic heterocycles. The molecule has 2 aromatic carbocycles. The molecular formula is C22H22F3N3O2. The lowest BCUT2D eigenvalue weighted by molar-refractivity contribution is -0.137. The summed E-state index contributed by atoms with van der Waals surface area (Å²) in [6, 6.07) is 11.2. The molecule has 0 bridgehead atoms. The topological polar surface area (TPSA) is 47.4 Å². The number of piperidine rings is 1. The van der Waals surface area contributed by atoms with Crippen LogP contribution in [-0.4, -0.2) is 40.6 Å². The number of aromatic nitrogens is 2. The highest BCUT2D eigenvalue weighted by Gasteiger charge is 2.33. The second-order valence-corrected chi connectivity index (χ2v) is 7.45. The Labute approximate surface area is 172 Å². The minimum absolute atomic E-state index is 0.0617. The average molecular weight is 417 g/mol. The van der Waals surface area contributed by atoms with Crippen molar-refractivity contribution in [2.24, 2.45) is 0 Å². The van der Waals surface area contributed by atoms with Gasteiger partial charge in [-0.1, -0.05) is 12.1 Å². The lowest BCUT2D eigenvalue weighted by Crippen LogP contribution is -2.39. The Balaban J connectivity index is 1.52. The number of carbonyl (C=O) groups is 1. The summed E-state index contributed by atoms with van der Waals surface area (Å²) in [7, 11) is 1.27. The van der Waals surface area contributed by atoms with Crippen LogP contribution in [0.2, 0.25) is 0 Å². The summed E-state index contributed by atoms with van der Waals surface area (Å²) < 4.78 is 46.2. The normalized spacial score (nSPS) is 15.6. The van der Waals surface area contributed by atoms with Gasteiger partial charge in [0.2, 0.25) is 0 Å². The highest BCUT2D eigenvalue weighted by atomic mass is 19.4. The van der Waals surface area contributed by atoms with Gasteiger partial charge in [-0.2, -0.15) is 13.2 Å². The number of likely N-dealkylation sites (tertiary alicyclic amines) is 1. The molecule has 0 unspecified atom stereocenters. The van der Waals surface area contributed by atoms with E-state index in [2.05, 4.69) is 9.55 Å². The SMILES string of the molecule is COc1cc(C(F)(F)F)ccc1C(=O)N1CCC(n2c(C)nc3ccccc32)CC1. The van der Waals surface area contributed by atoms with E-state index in [1.165, 1.54) is 13.2 Å². The first kappa shape index (κ1) is 20.3. The summed E-state index contributed by atoms with van der Waals surface area (Å²) in [6.07, 6.45) is -3.00. The molecule has 158 valence electrons. The van der Waals surface area contributed by atoms with Crippen LogP contribution in [0, 0.1) is 6.92 Å². The van der Waals surface area contributed by atoms with E-state index < -0.39 is 11.7 Å². The highest BCUT2D eigenvalue weighted by molar-refractivity contribution is 5.97. The number of aryl methyl sites for hydroxylation is 1. The standard InChI is InChI=1S/C22H22F3N3O2/c1-14-26-18-5-3-4-6-19(18)28(14)16-9-11-27(12-10-16)21(29)17-8-7-15(22(23,24)25)13-20(17)30-2/h3-8,13,16H,9-12H2,1-2H3. The van der Waals surface area contributed by atoms with Crippen LogP contribution in [0.1, 0.15) is 40.6 Å². The predicted octanol–water partition coefficient (Wildman–Crippen LogP) is 4.85. The molecular weight excluding hydrogens is 395 g/mol. The number of ether oxygens (including phenoxy) is 1. The second-order valence-electron chi connectivity index (χ2n) is 7.45. The maximum Gasteiger partial charge on any atom is 0.416 e. The molecule has 5 nitrogen and oxygen atoms in total. The number of hydrogen-bond donors (Lipinski definition) is 0. The van der Waals surface area contributed by atoms with E-state index in [1.807, 2.05) is 31.2 Å². The van der Waals surface area contributed by atoms with Crippen molar-refractivity contribution in [3.05, 3.63) is 59.4 Å². The first-order chi connectivity index (χ1) is 14.3. The first-order valence-corrected chi connectivity index (χ1v) is 9.77. The number of alkyl halides is 3. The predicted molar refractivity (Wildman–Crippen MR) is 107 cm³/mol. The first-order valence-electron chi connectivity index (χ1n) is 9.77. The molecule has 1 saturated heterocycles. The summed E-state index contributed by atoms with van der Waals surface area (Å²) in [6.45, 7) is 3.00. The molecule has 0 saturated carbocycles. The van der Waals surface area contributed by atoms with Crippen LogP contribution in [0.5, 0.6) is 5.75 Å². The van der Waals surface area contributed by atoms with E-state index in [9.17, 15) is 18.0 Å². The van der Waals surface area contributed by atoms with Gasteiger partial charge in [-0.15, -0.1) is 0 Å². The lowest BCUT2D eigenvalue weighted by Gasteiger charge is -2.33. The number of imidazole rings is 1. The molecule has 1 amide bonds. The van der Waals surface area contributed by atoms with Crippen molar-refractivity contribution >= 4 is 16.9 Å². The minimum Gasteiger partial charge on any atom is -0.496 e. The fraction of sp³-hybridized carbons (Fsp3) is 0.364. The van der Waals surface area contributed by atoms with Gasteiger partial charge in [0.15, 0.2) is 0 Å². The zero-order chi connectivity index (χ0) is 21.5. The van der Waals surface area contributed by atoms with E-state index >= 15 is 0 Å². The number of hydrogen-bond acceptors (Lipinski definition) is 3. The van der Waals surface area contributed by atoms with E-state index in [0.29, 0.717) is 13.1 Å². The molecule has 2 heterocycles. The van der Waals surface area contributed by atoms with Crippen LogP contribution < -0.4 is 4.74 Å². The Morgan fingerprint density at radius 2 is 1.83 bits per heavy atom. The fourth-order valence-corrected chi connectivity index (χ4v) is 4.17. The number of amides is 1. The number of nitrogens with zero attached hydrogens (tertiary/aromatic N) is 3. The average Bonchev–Trinajstić information content (AvgIpc) is 3.08. The van der Waals surface area contributed by atoms with Crippen molar-refractivity contribution in [3.8, 4) is 5.75 Å². The molecule has 3 aromatic rings. The minimum atomic E-state index is -4.49. The van der Waals surface area contributed by atoms with Crippen molar-refractivity contribution in [2.75, 3.05) is 20.2 Å². The quantitative estimate of drug-likeness (QED) is 0.612. The Bertz CT molecular complexity index is 1080. The van der Waals surface area contributed by atoms with Crippen LogP contribution in [0.15, 0.2) is 42.5 Å². The monoisotopic (exact) mass is 417 g/mol. The number of rotatable bonds is 3. The third-order valence-electron chi connectivity index (χ3n) is 5.65. The summed E-state index contributed by atoms with van der Waals surface area (Å²) in [5.41, 5.74) is 1.33. The van der Waals surface area contributed by atoms with Crippen molar-refractivity contribution in [1.29, 1.82) is 0 Å². The van der Waals surface area contributed by atoms with Crippen molar-refractivity contribution in [2.45, 2.75) is 32.0 Å². The molecule has 8 heteroatoms. The van der Waals surface area contributed by atoms with Gasteiger partial charge in [-0.05, 0) is 50.1 Å². The fourth-order valence-electron chi connectivity index (χ4n) is 4.17. The summed E-state index contributed by atoms with van der Waals surface area (Å²) in [5.74, 6) is 0.560. The van der Waals surface area contributed by atoms with Crippen LogP contribution in [0.25, 0.3) is 11.0 Å². The van der Waals surface area contributed by atoms with Gasteiger partial charge in [0, 0.05) is 19.1 Å². The maximum absolute atomic E-state index is 13.0. The van der Waals surface area contributed by atoms with E-state index in [4.69, 9.17) is 4.74 Å². The molecule has 4 rings (SSSR count). The van der Waals surface area contributed by atoms with Crippen LogP contribution in [-0.2, 0) is 6.18 Å². The summed E-state index contributed by atoms with van der Waals surface area (Å²) in [5, 5.41) is 0. The number of fused-ring (bicyclic) bond motifs is 1. The molecule has 1 fully saturated rings. The highest BCUT2D eigenvalue weighted by Crippen LogP contribution is 2.34. The second kappa shape index (κ2) is 7.66. The number of benzene rings is 2. The molecule has 0 radical (unpaired) electrons. The van der Waals surface area contributed by atoms with Gasteiger partial charge in [-0.3, -0.25) is 4.79 Å². The molecule has 30 heavy (non-hydrogen) atoms. The van der Waals surface area contributed by atoms with Gasteiger partial charge in [0.05, 0.1) is 29.3 Å². The van der Waals surface area contributed by atoms with E-state index in [-0.39, 0.29) is 23.3 Å². The summed E-state index contributed by atoms with van der Waals surface area (Å²) in [4.78, 5) is 19.2. The van der Waals surface area contributed by atoms with Crippen LogP contribution in [0.4, 0.5) is 13.2 Å². The molecule has 0 atom stereocenters. The van der Waals surface area contributed by atoms with Gasteiger partial charge < -0.3 is 14.2 Å². The number of carbonyl (C=O) groups excluding carboxylic acids is 1. The van der Waals surface area contributed by atoms with Crippen LogP contribution in [0.3, 0.4) is 0 Å². The Kier molecular flexibility index (Phi) is 5.17. The van der Waals surface area contributed by atoms with E-state index in [0.717, 1.165) is 41.8 Å². The Morgan fingerprint density at radius 3 is 2.50 bits per heavy atom. The maximum atomic E-state index is 13.0. The van der Waals surface area contributed by atoms with Crippen molar-refractivity contribution in [3.63, 3.8) is 0 Å². The van der Waals surface area contributed by atoms with Crippen molar-refractivity contribution in [1.82, 2.24) is 14.5 Å². The van der Waals surface area contributed by atoms with Gasteiger partial charge in [-0.25, -0.2) is 4.98 Å². The number of para-hydroxylation sites is 2. The third-order valence-corrected chi connectivity index (χ3v) is 5.65. The molecule has 0 spiro atoms. The van der Waals surface area contributed by atoms with Crippen molar-refractivity contribution < 1.29 is 22.7 Å². The van der Waals surface area contributed by atoms with Crippen LogP contribution >= 0.6 is 0 Å². The van der Waals surface area contributed by atoms with Gasteiger partial charge in [0.1, 0.15) is 11.6 Å².